The summed E-state index contributed by atoms with van der Waals surface area (Å²) < 4.78 is 5.26. The number of amides is 2. The van der Waals surface area contributed by atoms with Gasteiger partial charge in [0, 0.05) is 26.2 Å². The number of carbonyl (C=O) groups is 4. The number of benzene rings is 2. The van der Waals surface area contributed by atoms with Crippen molar-refractivity contribution >= 4 is 23.6 Å². The highest BCUT2D eigenvalue weighted by Crippen LogP contribution is 2.36. The zero-order valence-electron chi connectivity index (χ0n) is 27.5. The minimum absolute atomic E-state index is 0.0157. The number of carboxylic acids is 1. The van der Waals surface area contributed by atoms with Crippen LogP contribution in [-0.4, -0.2) is 88.0 Å². The molecular formula is C36H48N4O7. The first-order chi connectivity index (χ1) is 22.6. The zero-order chi connectivity index (χ0) is 33.7. The smallest absolute Gasteiger partial charge is 0.335 e. The number of rotatable bonds is 12. The van der Waals surface area contributed by atoms with Gasteiger partial charge in [-0.15, -0.1) is 0 Å². The number of ether oxygens (including phenoxy) is 1. The van der Waals surface area contributed by atoms with Crippen molar-refractivity contribution < 1.29 is 34.1 Å². The average molecular weight is 649 g/mol. The number of aliphatic hydroxyl groups is 1. The molecule has 2 aromatic rings. The van der Waals surface area contributed by atoms with E-state index in [4.69, 9.17) is 10.5 Å². The normalized spacial score (nSPS) is 21.7. The summed E-state index contributed by atoms with van der Waals surface area (Å²) in [5, 5.41) is 23.4. The van der Waals surface area contributed by atoms with Crippen LogP contribution in [0.1, 0.15) is 103 Å². The maximum atomic E-state index is 13.9. The third kappa shape index (κ3) is 7.22. The number of hydrogen-bond donors (Lipinski definition) is 4. The molecule has 11 heteroatoms. The van der Waals surface area contributed by atoms with Gasteiger partial charge in [0.25, 0.3) is 0 Å². The average Bonchev–Trinajstić information content (AvgIpc) is 3.10. The molecule has 254 valence electrons. The van der Waals surface area contributed by atoms with Crippen molar-refractivity contribution in [1.82, 2.24) is 15.1 Å². The molecule has 0 bridgehead atoms. The highest BCUT2D eigenvalue weighted by Gasteiger charge is 2.55. The first kappa shape index (κ1) is 34.5. The highest BCUT2D eigenvalue weighted by atomic mass is 16.5. The Labute approximate surface area is 276 Å². The maximum Gasteiger partial charge on any atom is 0.335 e. The van der Waals surface area contributed by atoms with E-state index in [9.17, 15) is 29.4 Å². The molecular weight excluding hydrogens is 600 g/mol. The third-order valence-corrected chi connectivity index (χ3v) is 10.4. The second-order valence-electron chi connectivity index (χ2n) is 13.3. The SMILES string of the molecule is CCCCN1C(=O)[C@@H]([C@H](O)C2CCCCC2)NC(=O)C12CCN(Cc1ccc(C(N)C(=O)c3ccc(C(=O)O)cc3OC)cc1)CC2. The first-order valence-electron chi connectivity index (χ1n) is 16.9. The summed E-state index contributed by atoms with van der Waals surface area (Å²) >= 11 is 0. The number of carboxylic acid groups (broad SMARTS) is 1. The molecule has 3 atom stereocenters. The van der Waals surface area contributed by atoms with Crippen LogP contribution in [0.4, 0.5) is 0 Å². The van der Waals surface area contributed by atoms with E-state index in [0.717, 1.165) is 50.5 Å². The van der Waals surface area contributed by atoms with Gasteiger partial charge in [-0.2, -0.15) is 0 Å². The fraction of sp³-hybridized carbons (Fsp3) is 0.556. The molecule has 11 nitrogen and oxygen atoms in total. The van der Waals surface area contributed by atoms with E-state index in [1.807, 2.05) is 24.3 Å². The molecule has 2 aliphatic heterocycles. The quantitative estimate of drug-likeness (QED) is 0.252. The van der Waals surface area contributed by atoms with Crippen molar-refractivity contribution in [2.24, 2.45) is 11.7 Å². The molecule has 5 rings (SSSR count). The minimum atomic E-state index is -1.12. The van der Waals surface area contributed by atoms with Gasteiger partial charge in [-0.1, -0.05) is 56.9 Å². The fourth-order valence-corrected chi connectivity index (χ4v) is 7.47. The molecule has 1 unspecified atom stereocenters. The van der Waals surface area contributed by atoms with Gasteiger partial charge in [0.2, 0.25) is 11.8 Å². The molecule has 1 spiro atoms. The maximum absolute atomic E-state index is 13.9. The molecule has 1 aliphatic carbocycles. The summed E-state index contributed by atoms with van der Waals surface area (Å²) in [7, 11) is 1.38. The number of aliphatic hydroxyl groups excluding tert-OH is 1. The number of piperidine rings is 1. The first-order valence-corrected chi connectivity index (χ1v) is 16.9. The predicted molar refractivity (Wildman–Crippen MR) is 176 cm³/mol. The predicted octanol–water partition coefficient (Wildman–Crippen LogP) is 3.68. The Morgan fingerprint density at radius 3 is 2.36 bits per heavy atom. The molecule has 2 heterocycles. The standard InChI is InChI=1S/C36H48N4O7/c1-3-4-18-40-33(43)30(31(41)25-8-6-5-7-9-25)38-35(46)36(40)16-19-39(20-17-36)22-23-10-12-24(13-11-23)29(37)32(42)27-15-14-26(34(44)45)21-28(27)47-2/h10-15,21,25,29-31,41H,3-9,16-20,22,37H2,1-2H3,(H,38,46)(H,44,45)/t29?,30-,31-/m1/s1. The number of aromatic carboxylic acids is 1. The van der Waals surface area contributed by atoms with Crippen molar-refractivity contribution in [3.05, 3.63) is 64.7 Å². The van der Waals surface area contributed by atoms with Gasteiger partial charge in [0.05, 0.1) is 30.4 Å². The van der Waals surface area contributed by atoms with Gasteiger partial charge in [-0.05, 0) is 67.3 Å². The third-order valence-electron chi connectivity index (χ3n) is 10.4. The van der Waals surface area contributed by atoms with E-state index in [0.29, 0.717) is 44.6 Å². The number of carbonyl (C=O) groups excluding carboxylic acids is 3. The molecule has 5 N–H and O–H groups in total. The molecule has 3 fully saturated rings. The molecule has 3 aliphatic rings. The number of nitrogens with zero attached hydrogens (tertiary/aromatic N) is 2. The summed E-state index contributed by atoms with van der Waals surface area (Å²) in [6.07, 6.45) is 6.88. The lowest BCUT2D eigenvalue weighted by atomic mass is 9.78. The Morgan fingerprint density at radius 2 is 1.74 bits per heavy atom. The van der Waals surface area contributed by atoms with Crippen LogP contribution < -0.4 is 15.8 Å². The van der Waals surface area contributed by atoms with Crippen molar-refractivity contribution in [2.45, 2.75) is 95.0 Å². The summed E-state index contributed by atoms with van der Waals surface area (Å²) in [5.74, 6) is -1.61. The van der Waals surface area contributed by atoms with E-state index in [1.54, 1.807) is 4.90 Å². The van der Waals surface area contributed by atoms with Gasteiger partial charge in [-0.3, -0.25) is 19.3 Å². The number of nitrogens with one attached hydrogen (secondary N) is 1. The van der Waals surface area contributed by atoms with E-state index in [1.165, 1.54) is 25.3 Å². The van der Waals surface area contributed by atoms with Gasteiger partial charge in [0.15, 0.2) is 5.78 Å². The van der Waals surface area contributed by atoms with Crippen LogP contribution in [0.5, 0.6) is 5.75 Å². The van der Waals surface area contributed by atoms with E-state index in [-0.39, 0.29) is 40.4 Å². The molecule has 47 heavy (non-hydrogen) atoms. The van der Waals surface area contributed by atoms with Crippen LogP contribution in [0.2, 0.25) is 0 Å². The zero-order valence-corrected chi connectivity index (χ0v) is 27.5. The number of hydrogen-bond acceptors (Lipinski definition) is 8. The number of piperazine rings is 1. The topological polar surface area (TPSA) is 162 Å². The van der Waals surface area contributed by atoms with Crippen LogP contribution in [0.15, 0.2) is 42.5 Å². The number of Topliss-reactive ketones (excluding diaryl/α,β-unsaturated/α-hetero) is 1. The Bertz CT molecular complexity index is 1450. The van der Waals surface area contributed by atoms with Crippen LogP contribution in [0.25, 0.3) is 0 Å². The lowest BCUT2D eigenvalue weighted by Gasteiger charge is -2.52. The molecule has 2 aromatic carbocycles. The van der Waals surface area contributed by atoms with Gasteiger partial charge >= 0.3 is 5.97 Å². The van der Waals surface area contributed by atoms with E-state index in [2.05, 4.69) is 17.1 Å². The molecule has 1 saturated carbocycles. The van der Waals surface area contributed by atoms with Crippen molar-refractivity contribution in [3.63, 3.8) is 0 Å². The number of likely N-dealkylation sites (tertiary alicyclic amines) is 1. The number of ketones is 1. The monoisotopic (exact) mass is 648 g/mol. The summed E-state index contributed by atoms with van der Waals surface area (Å²) in [5.41, 5.74) is 7.29. The van der Waals surface area contributed by atoms with Crippen LogP contribution >= 0.6 is 0 Å². The Kier molecular flexibility index (Phi) is 11.0. The Hall–Kier alpha value is -3.80. The summed E-state index contributed by atoms with van der Waals surface area (Å²) in [6, 6.07) is 9.74. The summed E-state index contributed by atoms with van der Waals surface area (Å²) in [4.78, 5) is 56.2. The van der Waals surface area contributed by atoms with Crippen molar-refractivity contribution in [3.8, 4) is 5.75 Å². The highest BCUT2D eigenvalue weighted by molar-refractivity contribution is 6.04. The molecule has 0 aromatic heterocycles. The molecule has 2 amide bonds. The van der Waals surface area contributed by atoms with Gasteiger partial charge in [0.1, 0.15) is 17.3 Å². The lowest BCUT2D eigenvalue weighted by Crippen LogP contribution is -2.75. The number of unbranched alkanes of at least 4 members (excludes halogenated alkanes) is 1. The van der Waals surface area contributed by atoms with Crippen molar-refractivity contribution in [2.75, 3.05) is 26.7 Å². The largest absolute Gasteiger partial charge is 0.496 e. The van der Waals surface area contributed by atoms with Crippen molar-refractivity contribution in [1.29, 1.82) is 0 Å². The fourth-order valence-electron chi connectivity index (χ4n) is 7.47. The Morgan fingerprint density at radius 1 is 1.06 bits per heavy atom. The van der Waals surface area contributed by atoms with Gasteiger partial charge < -0.3 is 30.9 Å². The van der Waals surface area contributed by atoms with Gasteiger partial charge in [-0.25, -0.2) is 4.79 Å². The Balaban J connectivity index is 1.22. The summed E-state index contributed by atoms with van der Waals surface area (Å²) in [6.45, 7) is 4.47. The molecule has 0 radical (unpaired) electrons. The number of nitrogens with two attached hydrogens (primary N) is 1. The van der Waals surface area contributed by atoms with Crippen LogP contribution in [0.3, 0.4) is 0 Å². The minimum Gasteiger partial charge on any atom is -0.496 e. The molecule has 2 saturated heterocycles. The van der Waals surface area contributed by atoms with E-state index >= 15 is 0 Å². The second kappa shape index (κ2) is 15.0. The second-order valence-corrected chi connectivity index (χ2v) is 13.3. The van der Waals surface area contributed by atoms with E-state index < -0.39 is 29.7 Å². The number of methoxy groups -OCH3 is 1. The van der Waals surface area contributed by atoms with Crippen LogP contribution in [0, 0.1) is 5.92 Å². The lowest BCUT2D eigenvalue weighted by molar-refractivity contribution is -0.166. The van der Waals surface area contributed by atoms with Crippen LogP contribution in [-0.2, 0) is 16.1 Å².